The number of carbonyl (C=O) groups is 2. The van der Waals surface area contributed by atoms with E-state index < -0.39 is 0 Å². The smallest absolute Gasteiger partial charge is 0.309 e. The fraction of sp³-hybridized carbons (Fsp3) is 0.920. The Labute approximate surface area is 192 Å². The Kier molecular flexibility index (Phi) is 7.05. The van der Waals surface area contributed by atoms with Crippen LogP contribution in [-0.4, -0.2) is 67.9 Å². The molecule has 7 heteroatoms. The summed E-state index contributed by atoms with van der Waals surface area (Å²) in [6.07, 6.45) is 9.82. The van der Waals surface area contributed by atoms with Crippen LogP contribution in [0.4, 0.5) is 0 Å². The Morgan fingerprint density at radius 2 is 2.00 bits per heavy atom. The lowest BCUT2D eigenvalue weighted by molar-refractivity contribution is -0.182. The van der Waals surface area contributed by atoms with Gasteiger partial charge in [-0.2, -0.15) is 0 Å². The summed E-state index contributed by atoms with van der Waals surface area (Å²) in [6, 6.07) is 0. The molecule has 32 heavy (non-hydrogen) atoms. The molecule has 3 saturated heterocycles. The lowest BCUT2D eigenvalue weighted by Gasteiger charge is -2.47. The van der Waals surface area contributed by atoms with Crippen molar-refractivity contribution in [2.75, 3.05) is 32.8 Å². The van der Waals surface area contributed by atoms with Gasteiger partial charge in [0.05, 0.1) is 18.1 Å². The van der Waals surface area contributed by atoms with Crippen LogP contribution in [0, 0.1) is 29.6 Å². The third kappa shape index (κ3) is 4.71. The summed E-state index contributed by atoms with van der Waals surface area (Å²) in [6.45, 7) is 7.03. The van der Waals surface area contributed by atoms with Gasteiger partial charge in [-0.3, -0.25) is 14.5 Å². The Hall–Kier alpha value is -1.18. The number of hydrogen-bond acceptors (Lipinski definition) is 6. The topological polar surface area (TPSA) is 79.9 Å². The van der Waals surface area contributed by atoms with E-state index in [0.29, 0.717) is 43.2 Å². The van der Waals surface area contributed by atoms with Crippen LogP contribution in [0.3, 0.4) is 0 Å². The molecule has 0 spiro atoms. The van der Waals surface area contributed by atoms with E-state index in [1.807, 2.05) is 0 Å². The lowest BCUT2D eigenvalue weighted by Crippen LogP contribution is -2.50. The zero-order valence-corrected chi connectivity index (χ0v) is 19.6. The molecule has 0 bridgehead atoms. The summed E-state index contributed by atoms with van der Waals surface area (Å²) in [5.74, 6) is 1.85. The van der Waals surface area contributed by atoms with Gasteiger partial charge in [0.25, 0.3) is 0 Å². The minimum absolute atomic E-state index is 0.00376. The maximum Gasteiger partial charge on any atom is 0.309 e. The van der Waals surface area contributed by atoms with Crippen LogP contribution in [0.2, 0.25) is 0 Å². The lowest BCUT2D eigenvalue weighted by atomic mass is 9.63. The van der Waals surface area contributed by atoms with Gasteiger partial charge in [-0.15, -0.1) is 0 Å². The molecule has 1 amide bonds. The van der Waals surface area contributed by atoms with Gasteiger partial charge in [-0.1, -0.05) is 19.8 Å². The summed E-state index contributed by atoms with van der Waals surface area (Å²) < 4.78 is 12.4. The van der Waals surface area contributed by atoms with Crippen molar-refractivity contribution in [3.63, 3.8) is 0 Å². The highest BCUT2D eigenvalue weighted by Crippen LogP contribution is 2.52. The average molecular weight is 448 g/mol. The largest absolute Gasteiger partial charge is 0.462 e. The molecular weight excluding hydrogens is 406 g/mol. The van der Waals surface area contributed by atoms with Crippen molar-refractivity contribution in [3.05, 3.63) is 0 Å². The van der Waals surface area contributed by atoms with Crippen molar-refractivity contribution in [2.24, 2.45) is 29.6 Å². The van der Waals surface area contributed by atoms with Crippen LogP contribution in [-0.2, 0) is 19.1 Å². The minimum Gasteiger partial charge on any atom is -0.462 e. The molecule has 2 N–H and O–H groups in total. The third-order valence-electron chi connectivity index (χ3n) is 9.09. The second kappa shape index (κ2) is 9.98. The first-order valence-corrected chi connectivity index (χ1v) is 13.2. The van der Waals surface area contributed by atoms with Crippen molar-refractivity contribution in [3.8, 4) is 0 Å². The number of rotatable bonds is 7. The van der Waals surface area contributed by atoms with E-state index in [9.17, 15) is 9.59 Å². The fourth-order valence-electron chi connectivity index (χ4n) is 7.28. The molecule has 0 aromatic carbocycles. The van der Waals surface area contributed by atoms with E-state index in [1.165, 1.54) is 25.7 Å². The Morgan fingerprint density at radius 3 is 2.84 bits per heavy atom. The second-order valence-electron chi connectivity index (χ2n) is 10.9. The van der Waals surface area contributed by atoms with E-state index in [0.717, 1.165) is 45.6 Å². The SMILES string of the molecule is CC1C(CCC(=O)NCCCN2CCNC2)C(=O)OC2CC3OC4CCCCC4C3CC21. The number of esters is 1. The molecule has 2 aliphatic carbocycles. The summed E-state index contributed by atoms with van der Waals surface area (Å²) in [4.78, 5) is 27.6. The van der Waals surface area contributed by atoms with Crippen molar-refractivity contribution in [2.45, 2.75) is 83.0 Å². The first-order chi connectivity index (χ1) is 15.6. The molecule has 3 aliphatic heterocycles. The fourth-order valence-corrected chi connectivity index (χ4v) is 7.28. The third-order valence-corrected chi connectivity index (χ3v) is 9.09. The highest BCUT2D eigenvalue weighted by atomic mass is 16.6. The van der Waals surface area contributed by atoms with E-state index in [1.54, 1.807) is 0 Å². The van der Waals surface area contributed by atoms with Crippen LogP contribution < -0.4 is 10.6 Å². The van der Waals surface area contributed by atoms with E-state index in [4.69, 9.17) is 9.47 Å². The van der Waals surface area contributed by atoms with Crippen LogP contribution in [0.15, 0.2) is 0 Å². The highest BCUT2D eigenvalue weighted by molar-refractivity contribution is 5.78. The van der Waals surface area contributed by atoms with Crippen molar-refractivity contribution in [1.29, 1.82) is 0 Å². The van der Waals surface area contributed by atoms with Crippen LogP contribution in [0.5, 0.6) is 0 Å². The van der Waals surface area contributed by atoms with Crippen molar-refractivity contribution < 1.29 is 19.1 Å². The maximum atomic E-state index is 12.8. The number of amides is 1. The number of fused-ring (bicyclic) bond motifs is 4. The van der Waals surface area contributed by atoms with Gasteiger partial charge in [0.1, 0.15) is 6.10 Å². The molecule has 7 nitrogen and oxygen atoms in total. The Morgan fingerprint density at radius 1 is 1.12 bits per heavy atom. The summed E-state index contributed by atoms with van der Waals surface area (Å²) in [5.41, 5.74) is 0. The normalized spacial score (nSPS) is 41.5. The van der Waals surface area contributed by atoms with Gasteiger partial charge in [-0.25, -0.2) is 0 Å². The summed E-state index contributed by atoms with van der Waals surface area (Å²) >= 11 is 0. The second-order valence-corrected chi connectivity index (χ2v) is 10.9. The number of nitrogens with one attached hydrogen (secondary N) is 2. The Balaban J connectivity index is 1.09. The predicted molar refractivity (Wildman–Crippen MR) is 121 cm³/mol. The molecule has 0 aromatic heterocycles. The highest BCUT2D eigenvalue weighted by Gasteiger charge is 2.54. The first-order valence-electron chi connectivity index (χ1n) is 13.2. The molecule has 180 valence electrons. The molecule has 5 fully saturated rings. The average Bonchev–Trinajstić information content (AvgIpc) is 3.43. The van der Waals surface area contributed by atoms with Crippen LogP contribution in [0.1, 0.15) is 64.7 Å². The molecule has 5 aliphatic rings. The van der Waals surface area contributed by atoms with Gasteiger partial charge < -0.3 is 20.1 Å². The Bertz CT molecular complexity index is 682. The molecule has 2 saturated carbocycles. The molecule has 5 rings (SSSR count). The molecule has 0 radical (unpaired) electrons. The monoisotopic (exact) mass is 447 g/mol. The summed E-state index contributed by atoms with van der Waals surface area (Å²) in [5, 5.41) is 6.36. The number of hydrogen-bond donors (Lipinski definition) is 2. The molecule has 0 aromatic rings. The van der Waals surface area contributed by atoms with E-state index in [-0.39, 0.29) is 35.9 Å². The molecule has 3 heterocycles. The molecule has 8 atom stereocenters. The number of nitrogens with zero attached hydrogens (tertiary/aromatic N) is 1. The van der Waals surface area contributed by atoms with E-state index in [2.05, 4.69) is 22.5 Å². The molecule has 8 unspecified atom stereocenters. The maximum absolute atomic E-state index is 12.8. The van der Waals surface area contributed by atoms with Gasteiger partial charge >= 0.3 is 5.97 Å². The van der Waals surface area contributed by atoms with Crippen molar-refractivity contribution >= 4 is 11.9 Å². The zero-order chi connectivity index (χ0) is 22.1. The zero-order valence-electron chi connectivity index (χ0n) is 19.6. The predicted octanol–water partition coefficient (Wildman–Crippen LogP) is 2.30. The van der Waals surface area contributed by atoms with Gasteiger partial charge in [0.15, 0.2) is 0 Å². The van der Waals surface area contributed by atoms with Crippen LogP contribution >= 0.6 is 0 Å². The number of ether oxygens (including phenoxy) is 2. The van der Waals surface area contributed by atoms with Crippen LogP contribution in [0.25, 0.3) is 0 Å². The summed E-state index contributed by atoms with van der Waals surface area (Å²) in [7, 11) is 0. The first kappa shape index (κ1) is 22.6. The van der Waals surface area contributed by atoms with Gasteiger partial charge in [0.2, 0.25) is 5.91 Å². The minimum atomic E-state index is -0.154. The number of carbonyl (C=O) groups excluding carboxylic acids is 2. The quantitative estimate of drug-likeness (QED) is 0.461. The van der Waals surface area contributed by atoms with Gasteiger partial charge in [-0.05, 0) is 55.8 Å². The standard InChI is InChI=1S/C25H41N3O4/c1-16-17(7-8-24(29)27-9-4-11-28-12-10-26-15-28)25(30)32-22-14-23-20(13-19(16)22)18-5-2-3-6-21(18)31-23/h16-23,26H,2-15H2,1H3,(H,27,29). The van der Waals surface area contributed by atoms with Gasteiger partial charge in [0, 0.05) is 45.7 Å². The molecular formula is C25H41N3O4. The van der Waals surface area contributed by atoms with E-state index >= 15 is 0 Å². The van der Waals surface area contributed by atoms with Crippen molar-refractivity contribution in [1.82, 2.24) is 15.5 Å².